The van der Waals surface area contributed by atoms with Crippen molar-refractivity contribution in [3.63, 3.8) is 0 Å². The number of fused-ring (bicyclic) bond motifs is 1. The van der Waals surface area contributed by atoms with Gasteiger partial charge in [-0.25, -0.2) is 4.98 Å². The Morgan fingerprint density at radius 1 is 1.09 bits per heavy atom. The molecule has 2 heterocycles. The maximum atomic E-state index is 12.6. The van der Waals surface area contributed by atoms with Crippen LogP contribution in [0, 0.1) is 18.3 Å². The molecule has 11 heteroatoms. The number of benzene rings is 2. The van der Waals surface area contributed by atoms with Crippen LogP contribution < -0.4 is 20.1 Å². The number of amides is 1. The fraction of sp³-hybridized carbons (Fsp3) is 0.406. The lowest BCUT2D eigenvalue weighted by Gasteiger charge is -2.40. The van der Waals surface area contributed by atoms with Gasteiger partial charge in [-0.3, -0.25) is 9.78 Å². The van der Waals surface area contributed by atoms with Crippen molar-refractivity contribution in [1.82, 2.24) is 19.9 Å². The van der Waals surface area contributed by atoms with E-state index in [1.54, 1.807) is 12.3 Å². The maximum Gasteiger partial charge on any atom is 0.573 e. The number of hydrogen-bond acceptors (Lipinski definition) is 6. The molecule has 1 amide bonds. The zero-order valence-corrected chi connectivity index (χ0v) is 24.7. The minimum atomic E-state index is -4.76. The summed E-state index contributed by atoms with van der Waals surface area (Å²) in [6, 6.07) is 15.1. The summed E-state index contributed by atoms with van der Waals surface area (Å²) in [7, 11) is 0. The third-order valence-electron chi connectivity index (χ3n) is 7.67. The largest absolute Gasteiger partial charge is 0.573 e. The lowest BCUT2D eigenvalue weighted by molar-refractivity contribution is -0.274. The van der Waals surface area contributed by atoms with Crippen molar-refractivity contribution < 1.29 is 27.4 Å². The van der Waals surface area contributed by atoms with E-state index >= 15 is 0 Å². The number of nitrogens with zero attached hydrogens (tertiary/aromatic N) is 3. The lowest BCUT2D eigenvalue weighted by Crippen LogP contribution is -2.29. The molecule has 0 saturated heterocycles. The molecular formula is C32H36F3N5O3. The molecule has 43 heavy (non-hydrogen) atoms. The number of ether oxygens (including phenoxy) is 2. The van der Waals surface area contributed by atoms with Gasteiger partial charge in [-0.2, -0.15) is 0 Å². The van der Waals surface area contributed by atoms with Crippen molar-refractivity contribution in [2.75, 3.05) is 11.9 Å². The molecular weight excluding hydrogens is 559 g/mol. The first-order valence-corrected chi connectivity index (χ1v) is 14.3. The summed E-state index contributed by atoms with van der Waals surface area (Å²) >= 11 is 0. The molecule has 1 aliphatic rings. The van der Waals surface area contributed by atoms with E-state index in [-0.39, 0.29) is 29.7 Å². The van der Waals surface area contributed by atoms with Gasteiger partial charge in [0.2, 0.25) is 5.95 Å². The van der Waals surface area contributed by atoms with Crippen LogP contribution in [-0.4, -0.2) is 33.4 Å². The second-order valence-corrected chi connectivity index (χ2v) is 12.1. The minimum absolute atomic E-state index is 0.136. The van der Waals surface area contributed by atoms with Crippen molar-refractivity contribution in [2.45, 2.75) is 65.9 Å². The summed E-state index contributed by atoms with van der Waals surface area (Å²) in [6.07, 6.45) is -0.0274. The number of imidazole rings is 1. The van der Waals surface area contributed by atoms with Gasteiger partial charge in [-0.05, 0) is 85.5 Å². The Kier molecular flexibility index (Phi) is 8.52. The number of alkyl halides is 3. The van der Waals surface area contributed by atoms with Gasteiger partial charge in [0.05, 0.1) is 23.3 Å². The Bertz CT molecular complexity index is 1580. The van der Waals surface area contributed by atoms with Gasteiger partial charge in [0.15, 0.2) is 6.61 Å². The van der Waals surface area contributed by atoms with Gasteiger partial charge in [0.1, 0.15) is 11.5 Å². The molecule has 2 atom stereocenters. The molecule has 2 N–H and O–H groups in total. The Balaban J connectivity index is 1.36. The molecule has 4 aromatic rings. The number of anilines is 2. The van der Waals surface area contributed by atoms with Crippen molar-refractivity contribution in [3.05, 3.63) is 72.1 Å². The number of carbonyl (C=O) groups is 1. The van der Waals surface area contributed by atoms with Gasteiger partial charge in [0, 0.05) is 24.0 Å². The van der Waals surface area contributed by atoms with Crippen LogP contribution in [0.4, 0.5) is 24.8 Å². The van der Waals surface area contributed by atoms with Crippen LogP contribution in [-0.2, 0) is 11.3 Å². The number of rotatable bonds is 9. The van der Waals surface area contributed by atoms with Crippen LogP contribution in [0.1, 0.15) is 57.3 Å². The number of nitrogens with one attached hydrogen (secondary N) is 2. The maximum absolute atomic E-state index is 12.6. The number of pyridine rings is 1. The SMILES string of the molecule is Cc1cccnc1CNC(=O)COc1ccc2c(c1)nc(Nc1ccc(OC(F)(F)F)cc1)n2[C@@H]1C[C@H](C)CC(C)(C)C1. The third-order valence-corrected chi connectivity index (χ3v) is 7.67. The molecule has 0 unspecified atom stereocenters. The highest BCUT2D eigenvalue weighted by molar-refractivity contribution is 5.82. The summed E-state index contributed by atoms with van der Waals surface area (Å²) in [5.41, 5.74) is 4.08. The van der Waals surface area contributed by atoms with Crippen molar-refractivity contribution >= 4 is 28.6 Å². The van der Waals surface area contributed by atoms with Crippen LogP contribution in [0.25, 0.3) is 11.0 Å². The normalized spacial score (nSPS) is 18.3. The smallest absolute Gasteiger partial charge is 0.484 e. The van der Waals surface area contributed by atoms with Crippen molar-refractivity contribution in [2.24, 2.45) is 11.3 Å². The molecule has 0 radical (unpaired) electrons. The quantitative estimate of drug-likeness (QED) is 0.209. The van der Waals surface area contributed by atoms with Gasteiger partial charge in [-0.1, -0.05) is 26.8 Å². The summed E-state index contributed by atoms with van der Waals surface area (Å²) in [5.74, 6) is 1.02. The summed E-state index contributed by atoms with van der Waals surface area (Å²) in [5, 5.41) is 6.13. The first-order chi connectivity index (χ1) is 20.3. The number of aromatic nitrogens is 3. The molecule has 0 aliphatic heterocycles. The lowest BCUT2D eigenvalue weighted by atomic mass is 9.70. The summed E-state index contributed by atoms with van der Waals surface area (Å²) in [6.45, 7) is 8.89. The van der Waals surface area contributed by atoms with E-state index < -0.39 is 6.36 Å². The molecule has 2 aromatic heterocycles. The van der Waals surface area contributed by atoms with E-state index in [1.165, 1.54) is 24.3 Å². The third kappa shape index (κ3) is 7.77. The second kappa shape index (κ2) is 12.1. The standard InChI is InChI=1S/C32H36F3N5O3/c1-20-14-23(17-31(3,4)16-20)40-28-12-11-25(42-19-29(41)37-18-27-21(2)6-5-13-36-27)15-26(28)39-30(40)38-22-7-9-24(10-8-22)43-32(33,34)35/h5-13,15,20,23H,14,16-19H2,1-4H3,(H,37,41)(H,38,39)/t20-,23+/m0/s1. The molecule has 2 aromatic carbocycles. The number of halogens is 3. The van der Waals surface area contributed by atoms with Gasteiger partial charge in [-0.15, -0.1) is 13.2 Å². The van der Waals surface area contributed by atoms with Crippen LogP contribution in [0.5, 0.6) is 11.5 Å². The highest BCUT2D eigenvalue weighted by Crippen LogP contribution is 2.46. The average molecular weight is 596 g/mol. The Labute approximate surface area is 248 Å². The summed E-state index contributed by atoms with van der Waals surface area (Å²) < 4.78 is 49.9. The highest BCUT2D eigenvalue weighted by Gasteiger charge is 2.35. The van der Waals surface area contributed by atoms with E-state index in [0.717, 1.165) is 36.0 Å². The number of hydrogen-bond donors (Lipinski definition) is 2. The molecule has 1 saturated carbocycles. The molecule has 228 valence electrons. The fourth-order valence-electron chi connectivity index (χ4n) is 6.07. The molecule has 0 bridgehead atoms. The van der Waals surface area contributed by atoms with Gasteiger partial charge in [0.25, 0.3) is 5.91 Å². The molecule has 0 spiro atoms. The summed E-state index contributed by atoms with van der Waals surface area (Å²) in [4.78, 5) is 21.6. The predicted molar refractivity (Wildman–Crippen MR) is 158 cm³/mol. The van der Waals surface area contributed by atoms with Crippen LogP contribution in [0.3, 0.4) is 0 Å². The highest BCUT2D eigenvalue weighted by atomic mass is 19.4. The van der Waals surface area contributed by atoms with Crippen LogP contribution >= 0.6 is 0 Å². The molecule has 1 aliphatic carbocycles. The van der Waals surface area contributed by atoms with Crippen LogP contribution in [0.15, 0.2) is 60.8 Å². The topological polar surface area (TPSA) is 90.3 Å². The Morgan fingerprint density at radius 2 is 1.84 bits per heavy atom. The zero-order chi connectivity index (χ0) is 30.8. The number of aryl methyl sites for hydroxylation is 1. The number of carbonyl (C=O) groups excluding carboxylic acids is 1. The van der Waals surface area contributed by atoms with E-state index in [9.17, 15) is 18.0 Å². The minimum Gasteiger partial charge on any atom is -0.484 e. The zero-order valence-electron chi connectivity index (χ0n) is 24.7. The molecule has 1 fully saturated rings. The van der Waals surface area contributed by atoms with Crippen LogP contribution in [0.2, 0.25) is 0 Å². The fourth-order valence-corrected chi connectivity index (χ4v) is 6.07. The second-order valence-electron chi connectivity index (χ2n) is 12.1. The van der Waals surface area contributed by atoms with E-state index in [1.807, 2.05) is 31.2 Å². The van der Waals surface area contributed by atoms with Gasteiger partial charge >= 0.3 is 6.36 Å². The van der Waals surface area contributed by atoms with E-state index in [2.05, 4.69) is 45.7 Å². The first kappa shape index (κ1) is 30.2. The predicted octanol–water partition coefficient (Wildman–Crippen LogP) is 7.46. The van der Waals surface area contributed by atoms with Crippen molar-refractivity contribution in [1.29, 1.82) is 0 Å². The molecule has 8 nitrogen and oxygen atoms in total. The van der Waals surface area contributed by atoms with Crippen molar-refractivity contribution in [3.8, 4) is 11.5 Å². The first-order valence-electron chi connectivity index (χ1n) is 14.3. The molecule has 5 rings (SSSR count). The van der Waals surface area contributed by atoms with E-state index in [0.29, 0.717) is 35.4 Å². The Morgan fingerprint density at radius 3 is 2.53 bits per heavy atom. The Hall–Kier alpha value is -4.28. The van der Waals surface area contributed by atoms with E-state index in [4.69, 9.17) is 9.72 Å². The monoisotopic (exact) mass is 595 g/mol. The van der Waals surface area contributed by atoms with Gasteiger partial charge < -0.3 is 24.7 Å². The average Bonchev–Trinajstić information content (AvgIpc) is 3.27.